The molecule has 0 radical (unpaired) electrons. The van der Waals surface area contributed by atoms with Crippen LogP contribution in [0, 0.1) is 0 Å². The molecule has 13 heteroatoms. The highest BCUT2D eigenvalue weighted by molar-refractivity contribution is 7.72. The van der Waals surface area contributed by atoms with E-state index in [4.69, 9.17) is 18.9 Å². The molecular weight excluding hydrogens is 587 g/mol. The van der Waals surface area contributed by atoms with Crippen LogP contribution in [0.25, 0.3) is 0 Å². The van der Waals surface area contributed by atoms with E-state index in [1.54, 1.807) is 64.1 Å². The third-order valence-corrected chi connectivity index (χ3v) is 7.84. The van der Waals surface area contributed by atoms with Crippen LogP contribution in [0.4, 0.5) is 26.3 Å². The van der Waals surface area contributed by atoms with Crippen molar-refractivity contribution < 1.29 is 50.1 Å². The van der Waals surface area contributed by atoms with Crippen LogP contribution in [0.5, 0.6) is 23.0 Å². The Kier molecular flexibility index (Phi) is 11.0. The Morgan fingerprint density at radius 3 is 1.26 bits per heavy atom. The normalized spacial score (nSPS) is 11.8. The SMILES string of the molecule is CCOc1cccc(OCC)c1P(NC(=O)c1cc(C(F)(F)F)cc(C(F)(F)F)c1)c1c(OCC)cccc1OCC. The fourth-order valence-electron chi connectivity index (χ4n) is 4.01. The first-order valence-electron chi connectivity index (χ1n) is 13.0. The van der Waals surface area contributed by atoms with Gasteiger partial charge in [0.2, 0.25) is 0 Å². The second kappa shape index (κ2) is 14.0. The summed E-state index contributed by atoms with van der Waals surface area (Å²) in [6, 6.07) is 10.6. The quantitative estimate of drug-likeness (QED) is 0.174. The second-order valence-electron chi connectivity index (χ2n) is 8.51. The molecular formula is C29H30F6NO5P. The van der Waals surface area contributed by atoms with Gasteiger partial charge >= 0.3 is 12.4 Å². The molecule has 0 aliphatic rings. The van der Waals surface area contributed by atoms with Crippen molar-refractivity contribution in [2.75, 3.05) is 26.4 Å². The molecule has 0 aliphatic carbocycles. The number of carbonyl (C=O) groups is 1. The van der Waals surface area contributed by atoms with Crippen molar-refractivity contribution in [3.8, 4) is 23.0 Å². The molecule has 3 aromatic rings. The van der Waals surface area contributed by atoms with E-state index in [1.165, 1.54) is 0 Å². The van der Waals surface area contributed by atoms with Gasteiger partial charge in [0.1, 0.15) is 23.0 Å². The Balaban J connectivity index is 2.33. The van der Waals surface area contributed by atoms with E-state index >= 15 is 0 Å². The first-order valence-corrected chi connectivity index (χ1v) is 14.4. The number of hydrogen-bond acceptors (Lipinski definition) is 5. The molecule has 42 heavy (non-hydrogen) atoms. The number of hydrogen-bond donors (Lipinski definition) is 1. The van der Waals surface area contributed by atoms with Gasteiger partial charge in [-0.1, -0.05) is 12.1 Å². The average Bonchev–Trinajstić information content (AvgIpc) is 2.92. The van der Waals surface area contributed by atoms with E-state index in [1.807, 2.05) is 0 Å². The van der Waals surface area contributed by atoms with Crippen LogP contribution < -0.4 is 34.6 Å². The molecule has 0 heterocycles. The van der Waals surface area contributed by atoms with Crippen LogP contribution >= 0.6 is 8.07 Å². The molecule has 0 bridgehead atoms. The lowest BCUT2D eigenvalue weighted by Gasteiger charge is -2.27. The number of carbonyl (C=O) groups excluding carboxylic acids is 1. The van der Waals surface area contributed by atoms with Gasteiger partial charge < -0.3 is 24.0 Å². The molecule has 0 spiro atoms. The molecule has 3 aromatic carbocycles. The van der Waals surface area contributed by atoms with Crippen LogP contribution in [0.3, 0.4) is 0 Å². The van der Waals surface area contributed by atoms with Crippen LogP contribution in [-0.4, -0.2) is 32.3 Å². The number of benzene rings is 3. The fourth-order valence-corrected chi connectivity index (χ4v) is 6.23. The minimum atomic E-state index is -5.13. The number of amides is 1. The molecule has 0 atom stereocenters. The second-order valence-corrected chi connectivity index (χ2v) is 10.3. The molecule has 0 saturated carbocycles. The summed E-state index contributed by atoms with van der Waals surface area (Å²) in [5, 5.41) is 3.36. The lowest BCUT2D eigenvalue weighted by atomic mass is 10.0. The molecule has 0 aliphatic heterocycles. The average molecular weight is 618 g/mol. The van der Waals surface area contributed by atoms with E-state index in [-0.39, 0.29) is 32.5 Å². The maximum atomic E-state index is 13.6. The zero-order valence-electron chi connectivity index (χ0n) is 23.3. The Labute approximate surface area is 240 Å². The van der Waals surface area contributed by atoms with Crippen molar-refractivity contribution in [1.29, 1.82) is 0 Å². The molecule has 1 N–H and O–H groups in total. The maximum Gasteiger partial charge on any atom is 0.416 e. The first kappa shape index (κ1) is 32.8. The molecule has 0 fully saturated rings. The minimum Gasteiger partial charge on any atom is -0.493 e. The molecule has 6 nitrogen and oxygen atoms in total. The highest BCUT2D eigenvalue weighted by Gasteiger charge is 2.38. The highest BCUT2D eigenvalue weighted by Crippen LogP contribution is 2.44. The summed E-state index contributed by atoms with van der Waals surface area (Å²) in [5.41, 5.74) is -4.05. The van der Waals surface area contributed by atoms with E-state index in [2.05, 4.69) is 5.09 Å². The van der Waals surface area contributed by atoms with Crippen molar-refractivity contribution in [1.82, 2.24) is 5.09 Å². The minimum absolute atomic E-state index is 0.0330. The largest absolute Gasteiger partial charge is 0.493 e. The Bertz CT molecular complexity index is 1240. The van der Waals surface area contributed by atoms with Gasteiger partial charge in [0.05, 0.1) is 56.2 Å². The van der Waals surface area contributed by atoms with Crippen molar-refractivity contribution in [3.63, 3.8) is 0 Å². The lowest BCUT2D eigenvalue weighted by Crippen LogP contribution is -2.32. The first-order chi connectivity index (χ1) is 19.8. The summed E-state index contributed by atoms with van der Waals surface area (Å²) < 4.78 is 105. The molecule has 0 saturated heterocycles. The number of alkyl halides is 6. The van der Waals surface area contributed by atoms with Crippen molar-refractivity contribution in [2.24, 2.45) is 0 Å². The van der Waals surface area contributed by atoms with Gasteiger partial charge in [-0.2, -0.15) is 26.3 Å². The molecule has 0 aromatic heterocycles. The van der Waals surface area contributed by atoms with Gasteiger partial charge in [-0.05, 0) is 70.2 Å². The van der Waals surface area contributed by atoms with Gasteiger partial charge in [0.15, 0.2) is 0 Å². The zero-order chi connectivity index (χ0) is 31.1. The predicted molar refractivity (Wildman–Crippen MR) is 148 cm³/mol. The van der Waals surface area contributed by atoms with Crippen molar-refractivity contribution >= 4 is 24.6 Å². The van der Waals surface area contributed by atoms with Crippen molar-refractivity contribution in [2.45, 2.75) is 40.0 Å². The van der Waals surface area contributed by atoms with Gasteiger partial charge in [-0.15, -0.1) is 0 Å². The Morgan fingerprint density at radius 1 is 0.643 bits per heavy atom. The third-order valence-electron chi connectivity index (χ3n) is 5.63. The van der Waals surface area contributed by atoms with Crippen LogP contribution in [0.1, 0.15) is 49.2 Å². The smallest absolute Gasteiger partial charge is 0.416 e. The third kappa shape index (κ3) is 7.79. The number of nitrogens with one attached hydrogen (secondary N) is 1. The maximum absolute atomic E-state index is 13.6. The summed E-state index contributed by atoms with van der Waals surface area (Å²) in [5.74, 6) is -0.000235. The number of ether oxygens (including phenoxy) is 4. The van der Waals surface area contributed by atoms with Gasteiger partial charge in [-0.3, -0.25) is 4.79 Å². The predicted octanol–water partition coefficient (Wildman–Crippen LogP) is 7.10. The summed E-state index contributed by atoms with van der Waals surface area (Å²) in [7, 11) is -2.18. The van der Waals surface area contributed by atoms with Crippen LogP contribution in [0.2, 0.25) is 0 Å². The summed E-state index contributed by atoms with van der Waals surface area (Å²) in [6.45, 7) is 7.80. The Morgan fingerprint density at radius 2 is 0.976 bits per heavy atom. The monoisotopic (exact) mass is 617 g/mol. The highest BCUT2D eigenvalue weighted by atomic mass is 31.1. The van der Waals surface area contributed by atoms with E-state index in [9.17, 15) is 31.1 Å². The zero-order valence-corrected chi connectivity index (χ0v) is 24.2. The molecule has 1 amide bonds. The number of rotatable bonds is 12. The molecule has 3 rings (SSSR count). The standard InChI is InChI=1S/C29H30F6NO5P/c1-5-38-21-11-9-12-22(39-6-2)25(21)42(26-23(40-7-3)13-10-14-24(26)41-8-4)36-27(37)18-15-19(28(30,31)32)17-20(16-18)29(33,34)35/h9-17H,5-8H2,1-4H3,(H,36,37). The van der Waals surface area contributed by atoms with Gasteiger partial charge in [-0.25, -0.2) is 0 Å². The Hall–Kier alpha value is -3.66. The van der Waals surface area contributed by atoms with Crippen LogP contribution in [0.15, 0.2) is 54.6 Å². The summed E-state index contributed by atoms with van der Waals surface area (Å²) >= 11 is 0. The van der Waals surface area contributed by atoms with E-state index in [0.29, 0.717) is 45.7 Å². The van der Waals surface area contributed by atoms with E-state index in [0.717, 1.165) is 0 Å². The summed E-state index contributed by atoms with van der Waals surface area (Å²) in [4.78, 5) is 13.6. The molecule has 0 unspecified atom stereocenters. The summed E-state index contributed by atoms with van der Waals surface area (Å²) in [6.07, 6.45) is -10.3. The number of halogens is 6. The van der Waals surface area contributed by atoms with Gasteiger partial charge in [0, 0.05) is 5.56 Å². The lowest BCUT2D eigenvalue weighted by molar-refractivity contribution is -0.143. The topological polar surface area (TPSA) is 66.0 Å². The van der Waals surface area contributed by atoms with Gasteiger partial charge in [0.25, 0.3) is 5.91 Å². The van der Waals surface area contributed by atoms with Crippen molar-refractivity contribution in [3.05, 3.63) is 71.3 Å². The van der Waals surface area contributed by atoms with Crippen LogP contribution in [-0.2, 0) is 12.4 Å². The van der Waals surface area contributed by atoms with E-state index < -0.39 is 43.0 Å². The fraction of sp³-hybridized carbons (Fsp3) is 0.345. The molecule has 228 valence electrons.